The first kappa shape index (κ1) is 9.22. The molecule has 1 heterocycles. The van der Waals surface area contributed by atoms with Crippen molar-refractivity contribution in [2.45, 2.75) is 23.0 Å². The van der Waals surface area contributed by atoms with E-state index >= 15 is 0 Å². The van der Waals surface area contributed by atoms with Crippen LogP contribution in [0.1, 0.15) is 23.2 Å². The molecule has 2 heteroatoms. The molecule has 1 aromatic rings. The molecule has 0 aromatic heterocycles. The van der Waals surface area contributed by atoms with Crippen LogP contribution in [-0.4, -0.2) is 11.0 Å². The number of benzene rings is 1. The average molecular weight is 216 g/mol. The van der Waals surface area contributed by atoms with Gasteiger partial charge in [-0.15, -0.1) is 11.8 Å². The van der Waals surface area contributed by atoms with Crippen LogP contribution in [0.2, 0.25) is 0 Å². The summed E-state index contributed by atoms with van der Waals surface area (Å²) >= 11 is 1.84. The molecule has 1 nitrogen and oxygen atoms in total. The summed E-state index contributed by atoms with van der Waals surface area (Å²) in [6.45, 7) is 0. The van der Waals surface area contributed by atoms with E-state index in [-0.39, 0.29) is 5.92 Å². The Bertz CT molecular complexity index is 436. The van der Waals surface area contributed by atoms with Crippen LogP contribution in [-0.2, 0) is 0 Å². The number of ketones is 1. The van der Waals surface area contributed by atoms with E-state index < -0.39 is 0 Å². The van der Waals surface area contributed by atoms with Crippen molar-refractivity contribution >= 4 is 17.5 Å². The minimum atomic E-state index is 0.217. The number of rotatable bonds is 0. The molecule has 1 aliphatic carbocycles. The molecule has 0 N–H and O–H groups in total. The van der Waals surface area contributed by atoms with Gasteiger partial charge in [0.05, 0.1) is 0 Å². The Morgan fingerprint density at radius 3 is 3.07 bits per heavy atom. The second-order valence-corrected chi connectivity index (χ2v) is 5.27. The first-order valence-corrected chi connectivity index (χ1v) is 6.21. The van der Waals surface area contributed by atoms with Gasteiger partial charge in [0.2, 0.25) is 0 Å². The van der Waals surface area contributed by atoms with Gasteiger partial charge in [-0.3, -0.25) is 4.79 Å². The summed E-state index contributed by atoms with van der Waals surface area (Å²) in [5, 5.41) is 0.376. The van der Waals surface area contributed by atoms with Crippen LogP contribution in [0.3, 0.4) is 0 Å². The molecule has 2 aliphatic rings. The minimum Gasteiger partial charge on any atom is -0.294 e. The zero-order valence-electron chi connectivity index (χ0n) is 8.35. The van der Waals surface area contributed by atoms with Gasteiger partial charge in [-0.05, 0) is 18.9 Å². The molecule has 2 atom stereocenters. The summed E-state index contributed by atoms with van der Waals surface area (Å²) in [4.78, 5) is 13.4. The Balaban J connectivity index is 2.07. The van der Waals surface area contributed by atoms with Crippen molar-refractivity contribution in [2.24, 2.45) is 5.92 Å². The van der Waals surface area contributed by atoms with E-state index in [4.69, 9.17) is 0 Å². The number of allylic oxidation sites excluding steroid dienone is 1. The fourth-order valence-electron chi connectivity index (χ4n) is 2.33. The van der Waals surface area contributed by atoms with Crippen LogP contribution in [0, 0.1) is 5.92 Å². The van der Waals surface area contributed by atoms with Gasteiger partial charge in [0.15, 0.2) is 5.78 Å². The van der Waals surface area contributed by atoms with Crippen molar-refractivity contribution in [3.63, 3.8) is 0 Å². The van der Waals surface area contributed by atoms with E-state index in [0.29, 0.717) is 11.0 Å². The van der Waals surface area contributed by atoms with Crippen LogP contribution < -0.4 is 0 Å². The van der Waals surface area contributed by atoms with Gasteiger partial charge in [-0.2, -0.15) is 0 Å². The second-order valence-electron chi connectivity index (χ2n) is 4.05. The SMILES string of the molecule is O=C1c2ccccc2SC2C=CCCC12. The fourth-order valence-corrected chi connectivity index (χ4v) is 3.69. The van der Waals surface area contributed by atoms with E-state index in [1.165, 1.54) is 0 Å². The van der Waals surface area contributed by atoms with Gasteiger partial charge in [0, 0.05) is 21.6 Å². The number of Topliss-reactive ketones (excluding diaryl/α,β-unsaturated/α-hetero) is 1. The van der Waals surface area contributed by atoms with Crippen molar-refractivity contribution in [3.8, 4) is 0 Å². The van der Waals surface area contributed by atoms with Crippen molar-refractivity contribution < 1.29 is 4.79 Å². The van der Waals surface area contributed by atoms with Crippen LogP contribution in [0.15, 0.2) is 41.3 Å². The molecular weight excluding hydrogens is 204 g/mol. The third kappa shape index (κ3) is 1.44. The van der Waals surface area contributed by atoms with E-state index in [2.05, 4.69) is 18.2 Å². The summed E-state index contributed by atoms with van der Waals surface area (Å²) in [5.74, 6) is 0.564. The Hall–Kier alpha value is -1.02. The third-order valence-corrected chi connectivity index (χ3v) is 4.49. The highest BCUT2D eigenvalue weighted by Crippen LogP contribution is 2.42. The predicted molar refractivity (Wildman–Crippen MR) is 62.3 cm³/mol. The zero-order chi connectivity index (χ0) is 10.3. The van der Waals surface area contributed by atoms with E-state index in [0.717, 1.165) is 23.3 Å². The maximum Gasteiger partial charge on any atom is 0.168 e. The van der Waals surface area contributed by atoms with E-state index in [1.807, 2.05) is 30.0 Å². The van der Waals surface area contributed by atoms with Gasteiger partial charge in [-0.25, -0.2) is 0 Å². The highest BCUT2D eigenvalue weighted by atomic mass is 32.2. The lowest BCUT2D eigenvalue weighted by molar-refractivity contribution is 0.0909. The molecule has 0 spiro atoms. The van der Waals surface area contributed by atoms with Crippen molar-refractivity contribution in [3.05, 3.63) is 42.0 Å². The quantitative estimate of drug-likeness (QED) is 0.619. The monoisotopic (exact) mass is 216 g/mol. The van der Waals surface area contributed by atoms with E-state index in [9.17, 15) is 4.79 Å². The number of carbonyl (C=O) groups excluding carboxylic acids is 1. The molecule has 0 amide bonds. The minimum absolute atomic E-state index is 0.217. The first-order valence-electron chi connectivity index (χ1n) is 5.33. The molecule has 3 rings (SSSR count). The van der Waals surface area contributed by atoms with Crippen molar-refractivity contribution in [1.82, 2.24) is 0 Å². The molecule has 1 aromatic carbocycles. The van der Waals surface area contributed by atoms with Crippen LogP contribution in [0.5, 0.6) is 0 Å². The molecular formula is C13H12OS. The molecule has 15 heavy (non-hydrogen) atoms. The number of thioether (sulfide) groups is 1. The topological polar surface area (TPSA) is 17.1 Å². The number of carbonyl (C=O) groups is 1. The van der Waals surface area contributed by atoms with Gasteiger partial charge in [0.1, 0.15) is 0 Å². The molecule has 0 fully saturated rings. The molecule has 1 aliphatic heterocycles. The molecule has 0 saturated heterocycles. The molecule has 0 radical (unpaired) electrons. The second kappa shape index (κ2) is 3.53. The lowest BCUT2D eigenvalue weighted by atomic mass is 9.86. The maximum atomic E-state index is 12.2. The standard InChI is InChI=1S/C13H12OS/c14-13-9-5-1-3-7-11(9)15-12-8-4-2-6-10(12)13/h1,3-5,7-8,10,12H,2,6H2. The van der Waals surface area contributed by atoms with Gasteiger partial charge >= 0.3 is 0 Å². The number of hydrogen-bond acceptors (Lipinski definition) is 2. The number of hydrogen-bond donors (Lipinski definition) is 0. The van der Waals surface area contributed by atoms with Crippen LogP contribution in [0.4, 0.5) is 0 Å². The fraction of sp³-hybridized carbons (Fsp3) is 0.308. The summed E-state index contributed by atoms with van der Waals surface area (Å²) in [6, 6.07) is 7.97. The molecule has 2 unspecified atom stereocenters. The Labute approximate surface area is 93.6 Å². The molecule has 76 valence electrons. The summed E-state index contributed by atoms with van der Waals surface area (Å²) < 4.78 is 0. The molecule has 0 bridgehead atoms. The molecule has 0 saturated carbocycles. The normalized spacial score (nSPS) is 28.4. The Morgan fingerprint density at radius 2 is 2.13 bits per heavy atom. The first-order chi connectivity index (χ1) is 7.36. The maximum absolute atomic E-state index is 12.2. The van der Waals surface area contributed by atoms with Crippen molar-refractivity contribution in [2.75, 3.05) is 0 Å². The van der Waals surface area contributed by atoms with Crippen LogP contribution in [0.25, 0.3) is 0 Å². The summed E-state index contributed by atoms with van der Waals surface area (Å²) in [5.41, 5.74) is 0.930. The Kier molecular flexibility index (Phi) is 2.17. The van der Waals surface area contributed by atoms with Crippen molar-refractivity contribution in [1.29, 1.82) is 0 Å². The highest BCUT2D eigenvalue weighted by Gasteiger charge is 2.35. The largest absolute Gasteiger partial charge is 0.294 e. The Morgan fingerprint density at radius 1 is 1.27 bits per heavy atom. The summed E-state index contributed by atoms with van der Waals surface area (Å²) in [7, 11) is 0. The highest BCUT2D eigenvalue weighted by molar-refractivity contribution is 8.00. The number of fused-ring (bicyclic) bond motifs is 2. The van der Waals surface area contributed by atoms with Gasteiger partial charge < -0.3 is 0 Å². The zero-order valence-corrected chi connectivity index (χ0v) is 9.17. The lowest BCUT2D eigenvalue weighted by Gasteiger charge is -2.31. The van der Waals surface area contributed by atoms with Gasteiger partial charge in [0.25, 0.3) is 0 Å². The average Bonchev–Trinajstić information content (AvgIpc) is 2.30. The third-order valence-electron chi connectivity index (χ3n) is 3.12. The van der Waals surface area contributed by atoms with E-state index in [1.54, 1.807) is 0 Å². The summed E-state index contributed by atoms with van der Waals surface area (Å²) in [6.07, 6.45) is 6.47. The smallest absolute Gasteiger partial charge is 0.168 e. The predicted octanol–water partition coefficient (Wildman–Crippen LogP) is 3.31. The lowest BCUT2D eigenvalue weighted by Crippen LogP contribution is -2.30. The van der Waals surface area contributed by atoms with Gasteiger partial charge in [-0.1, -0.05) is 30.4 Å². The van der Waals surface area contributed by atoms with Crippen LogP contribution >= 0.6 is 11.8 Å².